The van der Waals surface area contributed by atoms with E-state index in [1.54, 1.807) is 4.68 Å². The van der Waals surface area contributed by atoms with E-state index in [9.17, 15) is 0 Å². The maximum Gasteiger partial charge on any atom is 0.133 e. The maximum absolute atomic E-state index is 4.63. The average Bonchev–Trinajstić information content (AvgIpc) is 2.34. The molecule has 0 saturated heterocycles. The van der Waals surface area contributed by atoms with E-state index in [0.29, 0.717) is 0 Å². The molecule has 12 heavy (non-hydrogen) atoms. The van der Waals surface area contributed by atoms with Crippen LogP contribution >= 0.6 is 0 Å². The molecule has 1 aromatic heterocycles. The van der Waals surface area contributed by atoms with Crippen molar-refractivity contribution in [1.29, 1.82) is 0 Å². The van der Waals surface area contributed by atoms with Gasteiger partial charge in [-0.2, -0.15) is 0 Å². The van der Waals surface area contributed by atoms with E-state index in [0.717, 1.165) is 17.1 Å². The normalized spacial score (nSPS) is 11.8. The lowest BCUT2D eigenvalue weighted by Crippen LogP contribution is -2.00. The summed E-state index contributed by atoms with van der Waals surface area (Å²) in [4.78, 5) is 4.63. The summed E-state index contributed by atoms with van der Waals surface area (Å²) < 4.78 is 1.70. The topological polar surface area (TPSA) is 52.3 Å². The van der Waals surface area contributed by atoms with Crippen LogP contribution in [0.4, 0.5) is 0 Å². The van der Waals surface area contributed by atoms with Crippen molar-refractivity contribution in [2.75, 3.05) is 7.11 Å². The largest absolute Gasteiger partial charge is 0.399 e. The third-order valence-electron chi connectivity index (χ3n) is 1.68. The number of nitrogens with zero attached hydrogens (tertiary/aromatic N) is 4. The molecule has 1 heterocycles. The zero-order chi connectivity index (χ0) is 9.14. The first-order valence-corrected chi connectivity index (χ1v) is 3.61. The fraction of sp³-hybridized carbons (Fsp3) is 0.571. The number of aryl methyl sites for hydroxylation is 1. The zero-order valence-corrected chi connectivity index (χ0v) is 7.70. The van der Waals surface area contributed by atoms with Gasteiger partial charge in [0.05, 0.1) is 5.69 Å². The summed E-state index contributed by atoms with van der Waals surface area (Å²) in [5.74, 6) is 0. The van der Waals surface area contributed by atoms with Gasteiger partial charge in [-0.05, 0) is 13.8 Å². The second-order valence-electron chi connectivity index (χ2n) is 2.51. The third kappa shape index (κ3) is 1.44. The van der Waals surface area contributed by atoms with Crippen molar-refractivity contribution < 1.29 is 4.84 Å². The lowest BCUT2D eigenvalue weighted by Gasteiger charge is -1.95. The number of aromatic nitrogens is 3. The molecular weight excluding hydrogens is 156 g/mol. The van der Waals surface area contributed by atoms with Crippen molar-refractivity contribution >= 4 is 5.71 Å². The molecule has 0 saturated carbocycles. The molecule has 66 valence electrons. The molecule has 0 aliphatic carbocycles. The van der Waals surface area contributed by atoms with Crippen LogP contribution in [0.3, 0.4) is 0 Å². The van der Waals surface area contributed by atoms with Crippen LogP contribution in [0.25, 0.3) is 0 Å². The Hall–Kier alpha value is -1.39. The average molecular weight is 168 g/mol. The standard InChI is InChI=1S/C7H12N4O/c1-5(9-12-4)7-6(2)11(3)10-8-7/h1-4H3/b9-5-. The van der Waals surface area contributed by atoms with Crippen molar-refractivity contribution in [3.63, 3.8) is 0 Å². The summed E-state index contributed by atoms with van der Waals surface area (Å²) >= 11 is 0. The van der Waals surface area contributed by atoms with Gasteiger partial charge in [-0.25, -0.2) is 0 Å². The molecule has 1 rings (SSSR count). The SMILES string of the molecule is CO/N=C(/C)c1nnn(C)c1C. The highest BCUT2D eigenvalue weighted by molar-refractivity contribution is 5.97. The Balaban J connectivity index is 3.03. The van der Waals surface area contributed by atoms with E-state index >= 15 is 0 Å². The molecule has 5 nitrogen and oxygen atoms in total. The molecule has 0 atom stereocenters. The minimum Gasteiger partial charge on any atom is -0.399 e. The summed E-state index contributed by atoms with van der Waals surface area (Å²) in [6, 6.07) is 0. The molecule has 0 bridgehead atoms. The Morgan fingerprint density at radius 2 is 2.25 bits per heavy atom. The van der Waals surface area contributed by atoms with E-state index in [1.807, 2.05) is 20.9 Å². The van der Waals surface area contributed by atoms with Crippen molar-refractivity contribution in [2.24, 2.45) is 12.2 Å². The molecule has 0 aliphatic heterocycles. The van der Waals surface area contributed by atoms with E-state index < -0.39 is 0 Å². The Labute approximate surface area is 71.0 Å². The summed E-state index contributed by atoms with van der Waals surface area (Å²) in [5, 5.41) is 11.6. The summed E-state index contributed by atoms with van der Waals surface area (Å²) in [6.07, 6.45) is 0. The molecule has 0 aliphatic rings. The van der Waals surface area contributed by atoms with Crippen LogP contribution in [-0.4, -0.2) is 27.8 Å². The van der Waals surface area contributed by atoms with Crippen LogP contribution in [0.1, 0.15) is 18.3 Å². The van der Waals surface area contributed by atoms with Crippen molar-refractivity contribution in [1.82, 2.24) is 15.0 Å². The maximum atomic E-state index is 4.63. The minimum absolute atomic E-state index is 0.739. The van der Waals surface area contributed by atoms with Crippen molar-refractivity contribution in [3.05, 3.63) is 11.4 Å². The number of rotatable bonds is 2. The van der Waals surface area contributed by atoms with Crippen LogP contribution in [0, 0.1) is 6.92 Å². The molecule has 0 radical (unpaired) electrons. The first-order chi connectivity index (χ1) is 5.66. The molecule has 0 amide bonds. The smallest absolute Gasteiger partial charge is 0.133 e. The molecule has 1 aromatic rings. The molecular formula is C7H12N4O. The first kappa shape index (κ1) is 8.70. The van der Waals surface area contributed by atoms with Gasteiger partial charge >= 0.3 is 0 Å². The number of hydrogen-bond acceptors (Lipinski definition) is 4. The van der Waals surface area contributed by atoms with Crippen LogP contribution < -0.4 is 0 Å². The third-order valence-corrected chi connectivity index (χ3v) is 1.68. The second kappa shape index (κ2) is 3.34. The molecule has 0 fully saturated rings. The fourth-order valence-corrected chi connectivity index (χ4v) is 0.919. The highest BCUT2D eigenvalue weighted by Crippen LogP contribution is 2.03. The summed E-state index contributed by atoms with van der Waals surface area (Å²) in [5.41, 5.74) is 2.50. The quantitative estimate of drug-likeness (QED) is 0.477. The Morgan fingerprint density at radius 1 is 1.58 bits per heavy atom. The van der Waals surface area contributed by atoms with Gasteiger partial charge in [-0.1, -0.05) is 10.4 Å². The van der Waals surface area contributed by atoms with Gasteiger partial charge < -0.3 is 4.84 Å². The van der Waals surface area contributed by atoms with Gasteiger partial charge in [0, 0.05) is 7.05 Å². The van der Waals surface area contributed by atoms with Gasteiger partial charge in [0.25, 0.3) is 0 Å². The molecule has 0 unspecified atom stereocenters. The van der Waals surface area contributed by atoms with Crippen LogP contribution in [0.2, 0.25) is 0 Å². The van der Waals surface area contributed by atoms with Crippen LogP contribution in [-0.2, 0) is 11.9 Å². The Morgan fingerprint density at radius 3 is 2.67 bits per heavy atom. The molecule has 0 spiro atoms. The van der Waals surface area contributed by atoms with E-state index in [4.69, 9.17) is 0 Å². The van der Waals surface area contributed by atoms with Gasteiger partial charge in [0.2, 0.25) is 0 Å². The predicted octanol–water partition coefficient (Wildman–Crippen LogP) is 0.494. The lowest BCUT2D eigenvalue weighted by atomic mass is 10.2. The van der Waals surface area contributed by atoms with E-state index in [-0.39, 0.29) is 0 Å². The van der Waals surface area contributed by atoms with Crippen LogP contribution in [0.5, 0.6) is 0 Å². The van der Waals surface area contributed by atoms with Crippen molar-refractivity contribution in [2.45, 2.75) is 13.8 Å². The first-order valence-electron chi connectivity index (χ1n) is 3.61. The fourth-order valence-electron chi connectivity index (χ4n) is 0.919. The van der Waals surface area contributed by atoms with Gasteiger partial charge in [0.1, 0.15) is 18.5 Å². The van der Waals surface area contributed by atoms with Gasteiger partial charge in [-0.3, -0.25) is 4.68 Å². The van der Waals surface area contributed by atoms with E-state index in [2.05, 4.69) is 20.3 Å². The van der Waals surface area contributed by atoms with Crippen molar-refractivity contribution in [3.8, 4) is 0 Å². The van der Waals surface area contributed by atoms with E-state index in [1.165, 1.54) is 7.11 Å². The second-order valence-corrected chi connectivity index (χ2v) is 2.51. The molecule has 0 N–H and O–H groups in total. The predicted molar refractivity (Wildman–Crippen MR) is 45.0 cm³/mol. The summed E-state index contributed by atoms with van der Waals surface area (Å²) in [6.45, 7) is 3.77. The number of oxime groups is 1. The van der Waals surface area contributed by atoms with Gasteiger partial charge in [-0.15, -0.1) is 5.10 Å². The monoisotopic (exact) mass is 168 g/mol. The zero-order valence-electron chi connectivity index (χ0n) is 7.70. The lowest BCUT2D eigenvalue weighted by molar-refractivity contribution is 0.213. The molecule has 0 aromatic carbocycles. The Bertz CT molecular complexity index is 302. The van der Waals surface area contributed by atoms with Gasteiger partial charge in [0.15, 0.2) is 0 Å². The minimum atomic E-state index is 0.739. The highest BCUT2D eigenvalue weighted by Gasteiger charge is 2.08. The highest BCUT2D eigenvalue weighted by atomic mass is 16.6. The summed E-state index contributed by atoms with van der Waals surface area (Å²) in [7, 11) is 3.35. The molecule has 5 heteroatoms. The van der Waals surface area contributed by atoms with Crippen LogP contribution in [0.15, 0.2) is 5.16 Å². The number of hydrogen-bond donors (Lipinski definition) is 0. The Kier molecular flexibility index (Phi) is 2.42.